The van der Waals surface area contributed by atoms with Crippen LogP contribution in [-0.2, 0) is 4.79 Å². The van der Waals surface area contributed by atoms with E-state index in [-0.39, 0.29) is 16.3 Å². The van der Waals surface area contributed by atoms with E-state index in [0.29, 0.717) is 35.8 Å². The summed E-state index contributed by atoms with van der Waals surface area (Å²) >= 11 is 0.751. The highest BCUT2D eigenvalue weighted by Crippen LogP contribution is 2.35. The molecule has 0 saturated carbocycles. The Morgan fingerprint density at radius 2 is 1.66 bits per heavy atom. The van der Waals surface area contributed by atoms with Crippen molar-refractivity contribution in [1.82, 2.24) is 9.69 Å². The summed E-state index contributed by atoms with van der Waals surface area (Å²) in [6, 6.07) is 12.6. The maximum absolute atomic E-state index is 14.1. The first kappa shape index (κ1) is 28.5. The van der Waals surface area contributed by atoms with Gasteiger partial charge in [0.25, 0.3) is 11.8 Å². The number of nitrogens with zero attached hydrogens (tertiary/aromatic N) is 2. The van der Waals surface area contributed by atoms with E-state index in [9.17, 15) is 14.4 Å². The van der Waals surface area contributed by atoms with Gasteiger partial charge in [-0.1, -0.05) is 19.1 Å². The third-order valence-electron chi connectivity index (χ3n) is 6.08. The van der Waals surface area contributed by atoms with E-state index < -0.39 is 29.3 Å². The first-order valence-corrected chi connectivity index (χ1v) is 12.9. The van der Waals surface area contributed by atoms with Crippen LogP contribution < -0.4 is 31.2 Å². The predicted molar refractivity (Wildman–Crippen MR) is 148 cm³/mol. The number of nitrogen functional groups attached to an aromatic ring is 1. The van der Waals surface area contributed by atoms with Crippen molar-refractivity contribution in [2.75, 3.05) is 24.4 Å². The Morgan fingerprint density at radius 3 is 2.16 bits per heavy atom. The summed E-state index contributed by atoms with van der Waals surface area (Å²) < 4.78 is 14.8. The van der Waals surface area contributed by atoms with Crippen LogP contribution in [0.15, 0.2) is 48.5 Å². The monoisotopic (exact) mass is 539 g/mol. The molecule has 0 aliphatic rings. The number of aromatic nitrogens is 1. The number of hydrogen-bond acceptors (Lipinski definition) is 8. The van der Waals surface area contributed by atoms with Gasteiger partial charge in [0.05, 0.1) is 19.4 Å². The smallest absolute Gasteiger partial charge is 0.273 e. The Labute approximate surface area is 226 Å². The number of nitrogens with one attached hydrogen (secondary N) is 1. The van der Waals surface area contributed by atoms with Crippen molar-refractivity contribution >= 4 is 40.6 Å². The predicted octanol–water partition coefficient (Wildman–Crippen LogP) is 3.92. The third kappa shape index (κ3) is 6.23. The SMILES string of the molecule is CCOc1ccc(N(C(=O)c2snc(C(N)=O)c2N)[C@H](C(=O)NC(C)(C)CC)c2ccc(OC)cc2)cc1. The van der Waals surface area contributed by atoms with Crippen molar-refractivity contribution in [3.8, 4) is 11.5 Å². The van der Waals surface area contributed by atoms with Gasteiger partial charge < -0.3 is 26.3 Å². The van der Waals surface area contributed by atoms with Crippen LogP contribution in [-0.4, -0.2) is 41.4 Å². The molecule has 11 heteroatoms. The van der Waals surface area contributed by atoms with E-state index >= 15 is 0 Å². The number of primary amides is 1. The number of amides is 3. The fourth-order valence-corrected chi connectivity index (χ4v) is 4.43. The van der Waals surface area contributed by atoms with Gasteiger partial charge in [0.15, 0.2) is 5.69 Å². The highest BCUT2D eigenvalue weighted by molar-refractivity contribution is 7.09. The minimum atomic E-state index is -1.10. The molecule has 1 atom stereocenters. The summed E-state index contributed by atoms with van der Waals surface area (Å²) in [7, 11) is 1.54. The van der Waals surface area contributed by atoms with E-state index in [2.05, 4.69) is 9.69 Å². The van der Waals surface area contributed by atoms with Gasteiger partial charge in [0, 0.05) is 11.2 Å². The van der Waals surface area contributed by atoms with Gasteiger partial charge in [-0.3, -0.25) is 19.3 Å². The average Bonchev–Trinajstić information content (AvgIpc) is 3.29. The Bertz CT molecular complexity index is 1290. The number of methoxy groups -OCH3 is 1. The zero-order chi connectivity index (χ0) is 28.0. The molecule has 5 N–H and O–H groups in total. The second-order valence-corrected chi connectivity index (χ2v) is 9.92. The van der Waals surface area contributed by atoms with Crippen LogP contribution in [0.25, 0.3) is 0 Å². The van der Waals surface area contributed by atoms with Crippen LogP contribution in [0.2, 0.25) is 0 Å². The first-order valence-electron chi connectivity index (χ1n) is 12.1. The summed E-state index contributed by atoms with van der Waals surface area (Å²) in [5.41, 5.74) is 11.6. The van der Waals surface area contributed by atoms with Crippen molar-refractivity contribution < 1.29 is 23.9 Å². The number of ether oxygens (including phenoxy) is 2. The standard InChI is InChI=1S/C27H33N5O5S/c1-6-27(3,4)30-25(34)22(16-8-12-18(36-5)13-9-16)32(17-10-14-19(15-11-17)37-7-2)26(35)23-20(28)21(24(29)33)31-38-23/h8-15,22H,6-7,28H2,1-5H3,(H2,29,33)(H,30,34)/t22-/m0/s1. The fraction of sp³-hybridized carbons (Fsp3) is 0.333. The van der Waals surface area contributed by atoms with E-state index in [1.165, 1.54) is 4.90 Å². The van der Waals surface area contributed by atoms with Gasteiger partial charge in [-0.15, -0.1) is 0 Å². The highest BCUT2D eigenvalue weighted by atomic mass is 32.1. The zero-order valence-electron chi connectivity index (χ0n) is 22.1. The van der Waals surface area contributed by atoms with E-state index in [0.717, 1.165) is 11.5 Å². The summed E-state index contributed by atoms with van der Waals surface area (Å²) in [5, 5.41) is 3.05. The third-order valence-corrected chi connectivity index (χ3v) is 6.93. The van der Waals surface area contributed by atoms with Crippen molar-refractivity contribution in [1.29, 1.82) is 0 Å². The molecular weight excluding hydrogens is 506 g/mol. The van der Waals surface area contributed by atoms with Gasteiger partial charge in [0.1, 0.15) is 22.4 Å². The molecule has 202 valence electrons. The summed E-state index contributed by atoms with van der Waals surface area (Å²) in [5.74, 6) is -0.656. The molecule has 38 heavy (non-hydrogen) atoms. The van der Waals surface area contributed by atoms with Crippen LogP contribution in [0.5, 0.6) is 11.5 Å². The van der Waals surface area contributed by atoms with Crippen LogP contribution >= 0.6 is 11.5 Å². The molecule has 10 nitrogen and oxygen atoms in total. The molecule has 1 heterocycles. The lowest BCUT2D eigenvalue weighted by Gasteiger charge is -2.34. The maximum Gasteiger partial charge on any atom is 0.273 e. The normalized spacial score (nSPS) is 11.9. The molecule has 3 aromatic rings. The van der Waals surface area contributed by atoms with Crippen molar-refractivity contribution in [3.05, 3.63) is 64.7 Å². The summed E-state index contributed by atoms with van der Waals surface area (Å²) in [6.07, 6.45) is 0.662. The number of carbonyl (C=O) groups excluding carboxylic acids is 3. The second-order valence-electron chi connectivity index (χ2n) is 9.14. The molecule has 3 rings (SSSR count). The zero-order valence-corrected chi connectivity index (χ0v) is 22.9. The van der Waals surface area contributed by atoms with E-state index in [1.54, 1.807) is 55.6 Å². The fourth-order valence-electron chi connectivity index (χ4n) is 3.69. The lowest BCUT2D eigenvalue weighted by molar-refractivity contribution is -0.124. The highest BCUT2D eigenvalue weighted by Gasteiger charge is 2.37. The molecule has 3 amide bonds. The molecular formula is C27H33N5O5S. The van der Waals surface area contributed by atoms with Gasteiger partial charge >= 0.3 is 0 Å². The number of rotatable bonds is 11. The van der Waals surface area contributed by atoms with Crippen molar-refractivity contribution in [2.45, 2.75) is 45.7 Å². The molecule has 1 aromatic heterocycles. The Balaban J connectivity index is 2.22. The molecule has 0 radical (unpaired) electrons. The molecule has 0 unspecified atom stereocenters. The van der Waals surface area contributed by atoms with E-state index in [1.807, 2.05) is 27.7 Å². The van der Waals surface area contributed by atoms with Crippen LogP contribution in [0.3, 0.4) is 0 Å². The minimum absolute atomic E-state index is 0.00579. The number of benzene rings is 2. The first-order chi connectivity index (χ1) is 18.0. The van der Waals surface area contributed by atoms with Gasteiger partial charge in [-0.05, 0) is 80.7 Å². The largest absolute Gasteiger partial charge is 0.497 e. The second kappa shape index (κ2) is 12.0. The quantitative estimate of drug-likeness (QED) is 0.334. The van der Waals surface area contributed by atoms with Crippen LogP contribution in [0.4, 0.5) is 11.4 Å². The van der Waals surface area contributed by atoms with Crippen LogP contribution in [0, 0.1) is 0 Å². The minimum Gasteiger partial charge on any atom is -0.497 e. The number of nitrogens with two attached hydrogens (primary N) is 2. The molecule has 0 saturated heterocycles. The lowest BCUT2D eigenvalue weighted by Crippen LogP contribution is -2.50. The molecule has 0 spiro atoms. The molecule has 0 fully saturated rings. The van der Waals surface area contributed by atoms with Gasteiger partial charge in [-0.25, -0.2) is 0 Å². The van der Waals surface area contributed by atoms with E-state index in [4.69, 9.17) is 20.9 Å². The Morgan fingerprint density at radius 1 is 1.05 bits per heavy atom. The van der Waals surface area contributed by atoms with Crippen molar-refractivity contribution in [2.24, 2.45) is 5.73 Å². The number of hydrogen-bond donors (Lipinski definition) is 3. The Kier molecular flexibility index (Phi) is 8.95. The molecule has 2 aromatic carbocycles. The Hall–Kier alpha value is -4.12. The van der Waals surface area contributed by atoms with Gasteiger partial charge in [-0.2, -0.15) is 4.37 Å². The number of carbonyl (C=O) groups is 3. The number of anilines is 2. The topological polar surface area (TPSA) is 150 Å². The summed E-state index contributed by atoms with van der Waals surface area (Å²) in [6.45, 7) is 8.10. The molecule has 0 aliphatic heterocycles. The summed E-state index contributed by atoms with van der Waals surface area (Å²) in [4.78, 5) is 41.1. The lowest BCUT2D eigenvalue weighted by atomic mass is 9.98. The average molecular weight is 540 g/mol. The van der Waals surface area contributed by atoms with Crippen LogP contribution in [0.1, 0.15) is 65.9 Å². The molecule has 0 bridgehead atoms. The van der Waals surface area contributed by atoms with Gasteiger partial charge in [0.2, 0.25) is 5.91 Å². The van der Waals surface area contributed by atoms with Crippen molar-refractivity contribution in [3.63, 3.8) is 0 Å². The molecule has 0 aliphatic carbocycles. The maximum atomic E-state index is 14.1.